The number of amides is 4. The molecule has 3 fully saturated rings. The van der Waals surface area contributed by atoms with Crippen LogP contribution >= 0.6 is 23.2 Å². The maximum absolute atomic E-state index is 14.4. The Kier molecular flexibility index (Phi) is 5.50. The van der Waals surface area contributed by atoms with Crippen molar-refractivity contribution in [1.82, 2.24) is 9.80 Å². The summed E-state index contributed by atoms with van der Waals surface area (Å²) in [4.78, 5) is 61.8. The third-order valence-electron chi connectivity index (χ3n) is 7.96. The predicted octanol–water partition coefficient (Wildman–Crippen LogP) is 1.99. The van der Waals surface area contributed by atoms with E-state index in [4.69, 9.17) is 28.3 Å². The molecule has 2 aliphatic heterocycles. The van der Waals surface area contributed by atoms with Gasteiger partial charge in [-0.1, -0.05) is 17.7 Å². The lowest BCUT2D eigenvalue weighted by Gasteiger charge is -2.50. The maximum Gasteiger partial charge on any atom is 0.305 e. The van der Waals surface area contributed by atoms with E-state index in [0.717, 1.165) is 21.9 Å². The summed E-state index contributed by atoms with van der Waals surface area (Å²) in [6.07, 6.45) is 1.16. The largest absolute Gasteiger partial charge is 0.505 e. The van der Waals surface area contributed by atoms with Crippen LogP contribution < -0.4 is 0 Å². The molecular formula is C24H21Cl2FN2O7. The molecule has 6 atom stereocenters. The van der Waals surface area contributed by atoms with Gasteiger partial charge in [0.1, 0.15) is 0 Å². The molecule has 36 heavy (non-hydrogen) atoms. The Bertz CT molecular complexity index is 1280. The Hall–Kier alpha value is -2.98. The molecule has 12 heteroatoms. The van der Waals surface area contributed by atoms with Crippen molar-refractivity contribution in [2.24, 2.45) is 17.8 Å². The quantitative estimate of drug-likeness (QED) is 0.340. The lowest BCUT2D eigenvalue weighted by Crippen LogP contribution is -2.60. The molecule has 6 unspecified atom stereocenters. The molecule has 190 valence electrons. The number of halogens is 3. The van der Waals surface area contributed by atoms with Gasteiger partial charge in [-0.15, -0.1) is 23.2 Å². The zero-order chi connectivity index (χ0) is 26.3. The van der Waals surface area contributed by atoms with Crippen LogP contribution in [0.1, 0.15) is 30.7 Å². The number of rotatable bonds is 4. The molecule has 1 saturated carbocycles. The first-order chi connectivity index (χ1) is 16.8. The highest BCUT2D eigenvalue weighted by Gasteiger charge is 2.75. The zero-order valence-electron chi connectivity index (χ0n) is 18.9. The van der Waals surface area contributed by atoms with Crippen molar-refractivity contribution in [3.8, 4) is 5.75 Å². The van der Waals surface area contributed by atoms with Gasteiger partial charge in [-0.3, -0.25) is 33.8 Å². The predicted molar refractivity (Wildman–Crippen MR) is 123 cm³/mol. The smallest absolute Gasteiger partial charge is 0.305 e. The number of benzene rings is 1. The monoisotopic (exact) mass is 538 g/mol. The number of aliphatic carboxylic acids is 1. The molecule has 4 amide bonds. The van der Waals surface area contributed by atoms with E-state index in [-0.39, 0.29) is 24.9 Å². The highest BCUT2D eigenvalue weighted by Crippen LogP contribution is 2.65. The van der Waals surface area contributed by atoms with Crippen molar-refractivity contribution in [3.05, 3.63) is 41.2 Å². The summed E-state index contributed by atoms with van der Waals surface area (Å²) < 4.78 is 14.4. The number of carboxylic acid groups (broad SMARTS) is 1. The van der Waals surface area contributed by atoms with Gasteiger partial charge in [-0.05, 0) is 36.5 Å². The Balaban J connectivity index is 1.66. The maximum atomic E-state index is 14.4. The van der Waals surface area contributed by atoms with Crippen molar-refractivity contribution in [1.29, 1.82) is 0 Å². The van der Waals surface area contributed by atoms with Gasteiger partial charge in [-0.25, -0.2) is 4.39 Å². The second-order valence-corrected chi connectivity index (χ2v) is 10.9. The SMILES string of the molecule is CN1C(=O)C2(Cl)CC3C(=CCC4C(=O)N(CCC(=O)O)C(=O)C43)C(c3ccc(O)c(F)c3)C2(Cl)C1=O. The second-order valence-electron chi connectivity index (χ2n) is 9.68. The fourth-order valence-corrected chi connectivity index (χ4v) is 7.33. The minimum Gasteiger partial charge on any atom is -0.505 e. The topological polar surface area (TPSA) is 132 Å². The first kappa shape index (κ1) is 24.7. The van der Waals surface area contributed by atoms with E-state index in [0.29, 0.717) is 5.57 Å². The van der Waals surface area contributed by atoms with Crippen LogP contribution in [0.15, 0.2) is 29.8 Å². The van der Waals surface area contributed by atoms with E-state index < -0.39 is 81.0 Å². The number of phenolic OH excluding ortho intramolecular Hbond substituents is 1. The fraction of sp³-hybridized carbons (Fsp3) is 0.458. The number of hydrogen-bond donors (Lipinski definition) is 2. The molecule has 4 aliphatic rings. The molecule has 5 rings (SSSR count). The summed E-state index contributed by atoms with van der Waals surface area (Å²) >= 11 is 13.9. The average molecular weight is 539 g/mol. The van der Waals surface area contributed by atoms with Gasteiger partial charge in [0.05, 0.1) is 18.3 Å². The summed E-state index contributed by atoms with van der Waals surface area (Å²) in [5.41, 5.74) is 0.654. The number of carbonyl (C=O) groups is 5. The lowest BCUT2D eigenvalue weighted by molar-refractivity contribution is -0.143. The van der Waals surface area contributed by atoms with Crippen LogP contribution in [0.4, 0.5) is 4.39 Å². The average Bonchev–Trinajstić information content (AvgIpc) is 3.14. The number of aromatic hydroxyl groups is 1. The van der Waals surface area contributed by atoms with Crippen LogP contribution in [0.2, 0.25) is 0 Å². The minimum atomic E-state index is -2.05. The molecule has 2 heterocycles. The van der Waals surface area contributed by atoms with Gasteiger partial charge in [-0.2, -0.15) is 0 Å². The summed E-state index contributed by atoms with van der Waals surface area (Å²) in [6.45, 7) is -0.291. The number of phenols is 1. The zero-order valence-corrected chi connectivity index (χ0v) is 20.4. The molecule has 2 saturated heterocycles. The summed E-state index contributed by atoms with van der Waals surface area (Å²) in [5.74, 6) is -9.05. The van der Waals surface area contributed by atoms with Crippen LogP contribution in [-0.2, 0) is 24.0 Å². The number of carbonyl (C=O) groups excluding carboxylic acids is 4. The molecule has 9 nitrogen and oxygen atoms in total. The second kappa shape index (κ2) is 8.01. The highest BCUT2D eigenvalue weighted by molar-refractivity contribution is 6.53. The van der Waals surface area contributed by atoms with E-state index in [1.165, 1.54) is 13.1 Å². The summed E-state index contributed by atoms with van der Waals surface area (Å²) in [7, 11) is 1.24. The molecule has 2 aliphatic carbocycles. The number of hydrogen-bond acceptors (Lipinski definition) is 6. The Morgan fingerprint density at radius 2 is 1.83 bits per heavy atom. The van der Waals surface area contributed by atoms with Crippen LogP contribution in [0, 0.1) is 23.6 Å². The molecule has 1 aromatic rings. The highest BCUT2D eigenvalue weighted by atomic mass is 35.5. The third-order valence-corrected chi connectivity index (χ3v) is 9.37. The van der Waals surface area contributed by atoms with Crippen molar-refractivity contribution < 1.29 is 38.6 Å². The van der Waals surface area contributed by atoms with Gasteiger partial charge in [0.15, 0.2) is 21.3 Å². The first-order valence-corrected chi connectivity index (χ1v) is 12.1. The van der Waals surface area contributed by atoms with Gasteiger partial charge in [0.2, 0.25) is 11.8 Å². The minimum absolute atomic E-state index is 0.113. The van der Waals surface area contributed by atoms with Crippen molar-refractivity contribution >= 4 is 52.8 Å². The van der Waals surface area contributed by atoms with Gasteiger partial charge < -0.3 is 10.2 Å². The Morgan fingerprint density at radius 3 is 2.47 bits per heavy atom. The first-order valence-electron chi connectivity index (χ1n) is 11.3. The molecule has 0 spiro atoms. The summed E-state index contributed by atoms with van der Waals surface area (Å²) in [6, 6.07) is 3.48. The standard InChI is InChI=1S/C24H21Cl2FN2O7/c1-28-21(35)23(25)9-13-11(3-4-12-17(13)20(34)29(19(12)33)7-6-16(31)32)18(24(23,26)22(28)36)10-2-5-15(30)14(27)8-10/h2-3,5,8,12-13,17-18,30H,4,6-7,9H2,1H3,(H,31,32). The van der Waals surface area contributed by atoms with Crippen LogP contribution in [0.5, 0.6) is 5.75 Å². The molecule has 1 aromatic carbocycles. The molecule has 0 bridgehead atoms. The molecular weight excluding hydrogens is 518 g/mol. The number of carboxylic acids is 1. The van der Waals surface area contributed by atoms with Crippen molar-refractivity contribution in [2.45, 2.75) is 34.9 Å². The Labute approximate surface area is 214 Å². The van der Waals surface area contributed by atoms with Gasteiger partial charge in [0.25, 0.3) is 11.8 Å². The molecule has 0 aromatic heterocycles. The van der Waals surface area contributed by atoms with Crippen LogP contribution in [0.3, 0.4) is 0 Å². The van der Waals surface area contributed by atoms with Crippen molar-refractivity contribution in [2.75, 3.05) is 13.6 Å². The van der Waals surface area contributed by atoms with E-state index in [1.54, 1.807) is 6.08 Å². The molecule has 0 radical (unpaired) electrons. The Morgan fingerprint density at radius 1 is 1.14 bits per heavy atom. The number of alkyl halides is 2. The van der Waals surface area contributed by atoms with E-state index >= 15 is 0 Å². The number of allylic oxidation sites excluding steroid dienone is 2. The van der Waals surface area contributed by atoms with E-state index in [2.05, 4.69) is 0 Å². The van der Waals surface area contributed by atoms with E-state index in [1.807, 2.05) is 0 Å². The third kappa shape index (κ3) is 3.03. The van der Waals surface area contributed by atoms with Crippen LogP contribution in [-0.4, -0.2) is 73.0 Å². The number of fused-ring (bicyclic) bond motifs is 4. The normalized spacial score (nSPS) is 35.5. The number of nitrogens with zero attached hydrogens (tertiary/aromatic N) is 2. The number of imide groups is 2. The number of likely N-dealkylation sites (tertiary alicyclic amines) is 2. The van der Waals surface area contributed by atoms with Gasteiger partial charge >= 0.3 is 5.97 Å². The fourth-order valence-electron chi connectivity index (χ4n) is 6.31. The van der Waals surface area contributed by atoms with E-state index in [9.17, 15) is 33.5 Å². The lowest BCUT2D eigenvalue weighted by atomic mass is 9.56. The summed E-state index contributed by atoms with van der Waals surface area (Å²) in [5, 5.41) is 18.7. The van der Waals surface area contributed by atoms with Crippen molar-refractivity contribution in [3.63, 3.8) is 0 Å². The van der Waals surface area contributed by atoms with Gasteiger partial charge in [0, 0.05) is 19.5 Å². The van der Waals surface area contributed by atoms with Crippen LogP contribution in [0.25, 0.3) is 0 Å². The molecule has 2 N–H and O–H groups in total.